The summed E-state index contributed by atoms with van der Waals surface area (Å²) >= 11 is 7.86. The van der Waals surface area contributed by atoms with Crippen molar-refractivity contribution >= 4 is 34.7 Å². The Labute approximate surface area is 97.5 Å². The number of nitrogens with one attached hydrogen (secondary N) is 1. The lowest BCUT2D eigenvalue weighted by Crippen LogP contribution is -1.99. The third-order valence-electron chi connectivity index (χ3n) is 2.34. The van der Waals surface area contributed by atoms with Gasteiger partial charge in [0.05, 0.1) is 21.3 Å². The summed E-state index contributed by atoms with van der Waals surface area (Å²) in [5.74, 6) is 0. The highest BCUT2D eigenvalue weighted by molar-refractivity contribution is 7.99. The van der Waals surface area contributed by atoms with E-state index in [1.54, 1.807) is 11.8 Å². The molecule has 2 aromatic rings. The fourth-order valence-electron chi connectivity index (χ4n) is 1.62. The Kier molecular flexibility index (Phi) is 2.11. The van der Waals surface area contributed by atoms with Crippen LogP contribution in [-0.4, -0.2) is 0 Å². The Morgan fingerprint density at radius 3 is 2.67 bits per heavy atom. The zero-order chi connectivity index (χ0) is 10.3. The van der Waals surface area contributed by atoms with E-state index in [2.05, 4.69) is 17.4 Å². The summed E-state index contributed by atoms with van der Waals surface area (Å²) < 4.78 is 0. The molecular formula is C12H8ClNS. The standard InChI is InChI=1S/C12H8ClNS/c13-8-4-3-6-10-12(8)15-11-7-2-1-5-9(11)14-10/h1-7,14H. The Balaban J connectivity index is 2.15. The summed E-state index contributed by atoms with van der Waals surface area (Å²) in [6, 6.07) is 14.2. The number of benzene rings is 2. The molecule has 0 spiro atoms. The van der Waals surface area contributed by atoms with Gasteiger partial charge in [-0.1, -0.05) is 41.6 Å². The van der Waals surface area contributed by atoms with Crippen molar-refractivity contribution in [3.8, 4) is 0 Å². The van der Waals surface area contributed by atoms with Gasteiger partial charge in [0.25, 0.3) is 0 Å². The van der Waals surface area contributed by atoms with Crippen molar-refractivity contribution in [1.82, 2.24) is 0 Å². The molecule has 1 N–H and O–H groups in total. The molecule has 15 heavy (non-hydrogen) atoms. The molecule has 0 aliphatic carbocycles. The molecule has 0 saturated heterocycles. The average molecular weight is 234 g/mol. The number of rotatable bonds is 0. The number of hydrogen-bond acceptors (Lipinski definition) is 2. The summed E-state index contributed by atoms with van der Waals surface area (Å²) in [7, 11) is 0. The first-order valence-corrected chi connectivity index (χ1v) is 5.86. The topological polar surface area (TPSA) is 12.0 Å². The van der Waals surface area contributed by atoms with Crippen LogP contribution in [0.4, 0.5) is 11.4 Å². The third-order valence-corrected chi connectivity index (χ3v) is 3.98. The SMILES string of the molecule is Clc1cccc2c1Sc1ccccc1N2. The van der Waals surface area contributed by atoms with E-state index in [-0.39, 0.29) is 0 Å². The monoisotopic (exact) mass is 233 g/mol. The molecule has 74 valence electrons. The Morgan fingerprint density at radius 2 is 1.73 bits per heavy atom. The van der Waals surface area contributed by atoms with Crippen LogP contribution in [0, 0.1) is 0 Å². The van der Waals surface area contributed by atoms with Gasteiger partial charge in [-0.15, -0.1) is 0 Å². The van der Waals surface area contributed by atoms with Gasteiger partial charge in [-0.2, -0.15) is 0 Å². The maximum atomic E-state index is 6.15. The van der Waals surface area contributed by atoms with Crippen LogP contribution in [0.2, 0.25) is 5.02 Å². The number of hydrogen-bond donors (Lipinski definition) is 1. The van der Waals surface area contributed by atoms with Crippen molar-refractivity contribution in [3.63, 3.8) is 0 Å². The molecule has 0 unspecified atom stereocenters. The zero-order valence-corrected chi connectivity index (χ0v) is 9.40. The molecule has 0 radical (unpaired) electrons. The quantitative estimate of drug-likeness (QED) is 0.612. The van der Waals surface area contributed by atoms with E-state index in [9.17, 15) is 0 Å². The van der Waals surface area contributed by atoms with Crippen molar-refractivity contribution in [2.24, 2.45) is 0 Å². The van der Waals surface area contributed by atoms with Crippen LogP contribution in [-0.2, 0) is 0 Å². The van der Waals surface area contributed by atoms with Gasteiger partial charge >= 0.3 is 0 Å². The maximum absolute atomic E-state index is 6.15. The van der Waals surface area contributed by atoms with E-state index in [0.29, 0.717) is 0 Å². The molecule has 3 heteroatoms. The number of para-hydroxylation sites is 1. The molecule has 0 fully saturated rings. The Bertz CT molecular complexity index is 525. The summed E-state index contributed by atoms with van der Waals surface area (Å²) in [5.41, 5.74) is 2.24. The Morgan fingerprint density at radius 1 is 0.933 bits per heavy atom. The second-order valence-corrected chi connectivity index (χ2v) is 4.80. The lowest BCUT2D eigenvalue weighted by Gasteiger charge is -2.21. The summed E-state index contributed by atoms with van der Waals surface area (Å²) in [4.78, 5) is 2.33. The second kappa shape index (κ2) is 3.47. The minimum atomic E-state index is 0.805. The van der Waals surface area contributed by atoms with Crippen molar-refractivity contribution < 1.29 is 0 Å². The molecule has 0 amide bonds. The van der Waals surface area contributed by atoms with Gasteiger partial charge in [-0.25, -0.2) is 0 Å². The van der Waals surface area contributed by atoms with Crippen LogP contribution in [0.3, 0.4) is 0 Å². The molecule has 0 aromatic heterocycles. The van der Waals surface area contributed by atoms with E-state index in [0.717, 1.165) is 21.3 Å². The van der Waals surface area contributed by atoms with E-state index in [4.69, 9.17) is 11.6 Å². The predicted octanol–water partition coefficient (Wildman–Crippen LogP) is 4.55. The van der Waals surface area contributed by atoms with Crippen LogP contribution in [0.25, 0.3) is 0 Å². The summed E-state index contributed by atoms with van der Waals surface area (Å²) in [6.07, 6.45) is 0. The van der Waals surface area contributed by atoms with Crippen molar-refractivity contribution in [2.45, 2.75) is 9.79 Å². The number of anilines is 2. The molecule has 0 saturated carbocycles. The van der Waals surface area contributed by atoms with Crippen molar-refractivity contribution in [2.75, 3.05) is 5.32 Å². The molecule has 1 nitrogen and oxygen atoms in total. The summed E-state index contributed by atoms with van der Waals surface area (Å²) in [5, 5.41) is 4.18. The van der Waals surface area contributed by atoms with Gasteiger partial charge in [0.2, 0.25) is 0 Å². The first-order valence-electron chi connectivity index (χ1n) is 4.67. The van der Waals surface area contributed by atoms with E-state index >= 15 is 0 Å². The van der Waals surface area contributed by atoms with Crippen LogP contribution < -0.4 is 5.32 Å². The smallest absolute Gasteiger partial charge is 0.0566 e. The molecule has 0 bridgehead atoms. The summed E-state index contributed by atoms with van der Waals surface area (Å²) in [6.45, 7) is 0. The molecule has 0 atom stereocenters. The largest absolute Gasteiger partial charge is 0.354 e. The molecular weight excluding hydrogens is 226 g/mol. The molecule has 3 rings (SSSR count). The van der Waals surface area contributed by atoms with Gasteiger partial charge in [0, 0.05) is 4.90 Å². The lowest BCUT2D eigenvalue weighted by atomic mass is 10.2. The number of halogens is 1. The fourth-order valence-corrected chi connectivity index (χ4v) is 2.91. The highest BCUT2D eigenvalue weighted by Crippen LogP contribution is 2.46. The van der Waals surface area contributed by atoms with Gasteiger partial charge in [0.1, 0.15) is 0 Å². The molecule has 1 aliphatic heterocycles. The zero-order valence-electron chi connectivity index (χ0n) is 7.83. The van der Waals surface area contributed by atoms with Crippen molar-refractivity contribution in [1.29, 1.82) is 0 Å². The predicted molar refractivity (Wildman–Crippen MR) is 65.3 cm³/mol. The first kappa shape index (κ1) is 9.13. The van der Waals surface area contributed by atoms with Crippen LogP contribution in [0.15, 0.2) is 52.3 Å². The van der Waals surface area contributed by atoms with Crippen LogP contribution in [0.1, 0.15) is 0 Å². The van der Waals surface area contributed by atoms with Gasteiger partial charge < -0.3 is 5.32 Å². The first-order chi connectivity index (χ1) is 7.34. The van der Waals surface area contributed by atoms with Crippen LogP contribution in [0.5, 0.6) is 0 Å². The average Bonchev–Trinajstić information content (AvgIpc) is 2.27. The highest BCUT2D eigenvalue weighted by Gasteiger charge is 2.16. The fraction of sp³-hybridized carbons (Fsp3) is 0. The molecule has 1 aliphatic rings. The van der Waals surface area contributed by atoms with Gasteiger partial charge in [0.15, 0.2) is 0 Å². The molecule has 2 aromatic carbocycles. The Hall–Kier alpha value is -1.12. The molecule has 1 heterocycles. The lowest BCUT2D eigenvalue weighted by molar-refractivity contribution is 1.32. The van der Waals surface area contributed by atoms with Gasteiger partial charge in [-0.05, 0) is 24.3 Å². The third kappa shape index (κ3) is 1.50. The number of fused-ring (bicyclic) bond motifs is 2. The van der Waals surface area contributed by atoms with Crippen molar-refractivity contribution in [3.05, 3.63) is 47.5 Å². The van der Waals surface area contributed by atoms with E-state index in [1.165, 1.54) is 4.90 Å². The second-order valence-electron chi connectivity index (χ2n) is 3.34. The van der Waals surface area contributed by atoms with E-state index in [1.807, 2.05) is 30.3 Å². The maximum Gasteiger partial charge on any atom is 0.0566 e. The minimum absolute atomic E-state index is 0.805. The van der Waals surface area contributed by atoms with Crippen LogP contribution >= 0.6 is 23.4 Å². The normalized spacial score (nSPS) is 12.6. The van der Waals surface area contributed by atoms with Gasteiger partial charge in [-0.3, -0.25) is 0 Å². The minimum Gasteiger partial charge on any atom is -0.354 e. The van der Waals surface area contributed by atoms with E-state index < -0.39 is 0 Å². The highest BCUT2D eigenvalue weighted by atomic mass is 35.5.